The second-order valence-corrected chi connectivity index (χ2v) is 18.0. The van der Waals surface area contributed by atoms with E-state index < -0.39 is 42.7 Å². The Balaban J connectivity index is 1.35. The van der Waals surface area contributed by atoms with Gasteiger partial charge < -0.3 is 35.6 Å². The quantitative estimate of drug-likeness (QED) is 0.263. The molecule has 44 heavy (non-hydrogen) atoms. The molecular formula is C36H59NO7. The molecule has 4 saturated carbocycles. The third-order valence-corrected chi connectivity index (χ3v) is 15.2. The van der Waals surface area contributed by atoms with Crippen molar-refractivity contribution in [3.8, 4) is 0 Å². The van der Waals surface area contributed by atoms with Gasteiger partial charge in [-0.1, -0.05) is 60.1 Å². The van der Waals surface area contributed by atoms with E-state index in [9.17, 15) is 30.3 Å². The van der Waals surface area contributed by atoms with Crippen molar-refractivity contribution in [2.45, 2.75) is 149 Å². The minimum Gasteiger partial charge on any atom is -0.394 e. The van der Waals surface area contributed by atoms with Crippen molar-refractivity contribution >= 4 is 5.91 Å². The summed E-state index contributed by atoms with van der Waals surface area (Å²) in [4.78, 5) is 14.5. The number of allylic oxidation sites excluding steroid dienone is 2. The van der Waals surface area contributed by atoms with Crippen LogP contribution in [-0.4, -0.2) is 74.8 Å². The maximum atomic E-state index is 14.5. The van der Waals surface area contributed by atoms with Gasteiger partial charge in [0.15, 0.2) is 6.23 Å². The largest absolute Gasteiger partial charge is 0.394 e. The second kappa shape index (κ2) is 10.5. The Labute approximate surface area is 264 Å². The predicted octanol–water partition coefficient (Wildman–Crippen LogP) is 4.07. The fourth-order valence-corrected chi connectivity index (χ4v) is 12.1. The molecule has 0 radical (unpaired) electrons. The van der Waals surface area contributed by atoms with Crippen molar-refractivity contribution in [2.75, 3.05) is 6.61 Å². The molecule has 1 saturated heterocycles. The van der Waals surface area contributed by atoms with Gasteiger partial charge in [0.25, 0.3) is 0 Å². The molecule has 6 N–H and O–H groups in total. The minimum atomic E-state index is -1.53. The first kappa shape index (κ1) is 32.9. The highest BCUT2D eigenvalue weighted by Crippen LogP contribution is 2.75. The summed E-state index contributed by atoms with van der Waals surface area (Å²) in [6.45, 7) is 16.2. The number of carbonyl (C=O) groups excluding carboxylic acids is 1. The highest BCUT2D eigenvalue weighted by Gasteiger charge is 2.69. The monoisotopic (exact) mass is 617 g/mol. The Morgan fingerprint density at radius 2 is 1.55 bits per heavy atom. The van der Waals surface area contributed by atoms with Gasteiger partial charge in [0.2, 0.25) is 5.91 Å². The first-order chi connectivity index (χ1) is 20.4. The number of hydrogen-bond acceptors (Lipinski definition) is 7. The molecule has 1 aliphatic heterocycles. The average Bonchev–Trinajstić information content (AvgIpc) is 2.95. The molecule has 1 heterocycles. The van der Waals surface area contributed by atoms with Crippen LogP contribution in [0, 0.1) is 50.2 Å². The highest BCUT2D eigenvalue weighted by molar-refractivity contribution is 5.84. The number of fused-ring (bicyclic) bond motifs is 7. The van der Waals surface area contributed by atoms with Crippen LogP contribution >= 0.6 is 0 Å². The first-order valence-electron chi connectivity index (χ1n) is 17.4. The van der Waals surface area contributed by atoms with Gasteiger partial charge in [0.05, 0.1) is 18.1 Å². The summed E-state index contributed by atoms with van der Waals surface area (Å²) in [6, 6.07) is 0. The summed E-state index contributed by atoms with van der Waals surface area (Å²) < 4.78 is 5.73. The fourth-order valence-electron chi connectivity index (χ4n) is 12.1. The van der Waals surface area contributed by atoms with Gasteiger partial charge in [-0.15, -0.1) is 0 Å². The van der Waals surface area contributed by atoms with Crippen LogP contribution in [0.2, 0.25) is 0 Å². The van der Waals surface area contributed by atoms with Gasteiger partial charge in [-0.2, -0.15) is 0 Å². The summed E-state index contributed by atoms with van der Waals surface area (Å²) >= 11 is 0. The van der Waals surface area contributed by atoms with Crippen LogP contribution in [0.3, 0.4) is 0 Å². The van der Waals surface area contributed by atoms with Crippen molar-refractivity contribution in [3.63, 3.8) is 0 Å². The lowest BCUT2D eigenvalue weighted by molar-refractivity contribution is -0.238. The highest BCUT2D eigenvalue weighted by atomic mass is 16.6. The van der Waals surface area contributed by atoms with Crippen molar-refractivity contribution in [2.24, 2.45) is 50.2 Å². The van der Waals surface area contributed by atoms with Crippen molar-refractivity contribution in [1.29, 1.82) is 0 Å². The molecule has 6 aliphatic rings. The molecule has 0 aromatic heterocycles. The van der Waals surface area contributed by atoms with Gasteiger partial charge in [-0.25, -0.2) is 0 Å². The standard InChI is InChI=1S/C36H59NO7/c1-31(2)14-16-36(30(43)37-29-28(42)27(41)26(40)22(19-38)44-29)17-15-34(6)20(21(36)18-31)8-9-24-33(5)12-11-25(39)32(3,4)23(33)10-13-35(24,34)7/h8,21-29,38-42H,9-19H2,1-7H3,(H,37,43)/t21-,22-,23?,24+,25-,26-,27+,28+,29-,33-,34+,35+,36-/m0/s1. The molecular weight excluding hydrogens is 558 g/mol. The lowest BCUT2D eigenvalue weighted by Crippen LogP contribution is -2.67. The molecule has 0 aromatic rings. The molecule has 5 fully saturated rings. The number of ether oxygens (including phenoxy) is 1. The van der Waals surface area contributed by atoms with E-state index >= 15 is 0 Å². The van der Waals surface area contributed by atoms with Gasteiger partial charge in [-0.05, 0) is 109 Å². The lowest BCUT2D eigenvalue weighted by atomic mass is 9.33. The molecule has 0 spiro atoms. The van der Waals surface area contributed by atoms with E-state index in [2.05, 4.69) is 59.9 Å². The maximum absolute atomic E-state index is 14.5. The van der Waals surface area contributed by atoms with Crippen LogP contribution in [0.1, 0.15) is 113 Å². The van der Waals surface area contributed by atoms with Crippen molar-refractivity contribution in [3.05, 3.63) is 11.6 Å². The van der Waals surface area contributed by atoms with Gasteiger partial charge in [0.1, 0.15) is 24.4 Å². The Morgan fingerprint density at radius 3 is 2.23 bits per heavy atom. The van der Waals surface area contributed by atoms with Gasteiger partial charge >= 0.3 is 0 Å². The molecule has 8 heteroatoms. The van der Waals surface area contributed by atoms with Gasteiger partial charge in [-0.3, -0.25) is 4.79 Å². The first-order valence-corrected chi connectivity index (χ1v) is 17.4. The number of rotatable bonds is 3. The Kier molecular flexibility index (Phi) is 7.84. The van der Waals surface area contributed by atoms with Crippen LogP contribution in [0.15, 0.2) is 11.6 Å². The minimum absolute atomic E-state index is 0.0465. The van der Waals surface area contributed by atoms with Gasteiger partial charge in [0, 0.05) is 0 Å². The third-order valence-electron chi connectivity index (χ3n) is 15.2. The van der Waals surface area contributed by atoms with Crippen LogP contribution < -0.4 is 5.32 Å². The molecule has 6 rings (SSSR count). The number of carbonyl (C=O) groups is 1. The van der Waals surface area contributed by atoms with E-state index in [1.54, 1.807) is 0 Å². The summed E-state index contributed by atoms with van der Waals surface area (Å²) in [5, 5.41) is 55.1. The smallest absolute Gasteiger partial charge is 0.228 e. The zero-order chi connectivity index (χ0) is 32.3. The van der Waals surface area contributed by atoms with E-state index in [1.807, 2.05) is 0 Å². The molecule has 0 aromatic carbocycles. The molecule has 1 unspecified atom stereocenters. The van der Waals surface area contributed by atoms with Crippen molar-refractivity contribution < 1.29 is 35.1 Å². The topological polar surface area (TPSA) is 139 Å². The van der Waals surface area contributed by atoms with Crippen LogP contribution in [-0.2, 0) is 9.53 Å². The van der Waals surface area contributed by atoms with Crippen LogP contribution in [0.4, 0.5) is 0 Å². The molecule has 250 valence electrons. The van der Waals surface area contributed by atoms with E-state index in [0.29, 0.717) is 11.8 Å². The zero-order valence-corrected chi connectivity index (χ0v) is 28.1. The molecule has 5 aliphatic carbocycles. The van der Waals surface area contributed by atoms with Crippen LogP contribution in [0.5, 0.6) is 0 Å². The lowest BCUT2D eigenvalue weighted by Gasteiger charge is -2.71. The second-order valence-electron chi connectivity index (χ2n) is 18.0. The third kappa shape index (κ3) is 4.40. The predicted molar refractivity (Wildman–Crippen MR) is 167 cm³/mol. The Hall–Kier alpha value is -1.03. The van der Waals surface area contributed by atoms with Crippen LogP contribution in [0.25, 0.3) is 0 Å². The molecule has 13 atom stereocenters. The Morgan fingerprint density at radius 1 is 0.864 bits per heavy atom. The molecule has 8 nitrogen and oxygen atoms in total. The zero-order valence-electron chi connectivity index (χ0n) is 28.1. The summed E-state index contributed by atoms with van der Waals surface area (Å²) in [5.41, 5.74) is 0.967. The SMILES string of the molecule is CC1(C)CC[C@]2(C(=O)N[C@H]3O[C@@H](CO)[C@H](O)[C@@H](O)[C@H]3O)CC[C@]3(C)C(=CC[C@@H]4[C@@]5(C)CC[C@H](O)C(C)(C)C5CC[C@]43C)[C@@H]2C1. The van der Waals surface area contributed by atoms with E-state index in [0.717, 1.165) is 64.2 Å². The fraction of sp³-hybridized carbons (Fsp3) is 0.917. The maximum Gasteiger partial charge on any atom is 0.228 e. The average molecular weight is 618 g/mol. The summed E-state index contributed by atoms with van der Waals surface area (Å²) in [6.07, 6.45) is 4.92. The number of aliphatic hydroxyl groups excluding tert-OH is 5. The van der Waals surface area contributed by atoms with E-state index in [1.165, 1.54) is 5.57 Å². The van der Waals surface area contributed by atoms with Crippen molar-refractivity contribution in [1.82, 2.24) is 5.32 Å². The molecule has 0 bridgehead atoms. The number of aliphatic hydroxyl groups is 5. The molecule has 1 amide bonds. The van der Waals surface area contributed by atoms with E-state index in [4.69, 9.17) is 4.74 Å². The number of nitrogens with one attached hydrogen (secondary N) is 1. The number of hydrogen-bond donors (Lipinski definition) is 6. The number of amides is 1. The normalized spacial score (nSPS) is 52.8. The summed E-state index contributed by atoms with van der Waals surface area (Å²) in [7, 11) is 0. The van der Waals surface area contributed by atoms with E-state index in [-0.39, 0.29) is 45.0 Å². The Bertz CT molecular complexity index is 1180. The summed E-state index contributed by atoms with van der Waals surface area (Å²) in [5.74, 6) is 0.899.